The zero-order chi connectivity index (χ0) is 14.1. The maximum atomic E-state index is 12.3. The summed E-state index contributed by atoms with van der Waals surface area (Å²) in [5, 5.41) is 17.6. The van der Waals surface area contributed by atoms with Gasteiger partial charge in [-0.3, -0.25) is 4.79 Å². The Hall–Kier alpha value is -2.07. The van der Waals surface area contributed by atoms with Gasteiger partial charge < -0.3 is 15.7 Å². The smallest absolute Gasteiger partial charge is 0.227 e. The van der Waals surface area contributed by atoms with Gasteiger partial charge in [-0.15, -0.1) is 0 Å². The number of carbonyl (C=O) groups is 1. The van der Waals surface area contributed by atoms with Gasteiger partial charge >= 0.3 is 0 Å². The van der Waals surface area contributed by atoms with Crippen LogP contribution in [0.5, 0.6) is 5.75 Å². The van der Waals surface area contributed by atoms with Crippen molar-refractivity contribution in [3.63, 3.8) is 0 Å². The molecule has 1 amide bonds. The quantitative estimate of drug-likeness (QED) is 0.802. The SMILES string of the molecule is CC(C(=O)Nc1cccc2c(O)cccc12)C1CNC1. The van der Waals surface area contributed by atoms with Crippen molar-refractivity contribution >= 4 is 22.4 Å². The second-order valence-corrected chi connectivity index (χ2v) is 5.37. The van der Waals surface area contributed by atoms with Crippen molar-refractivity contribution in [2.24, 2.45) is 11.8 Å². The Balaban J connectivity index is 1.87. The number of phenols is 1. The van der Waals surface area contributed by atoms with E-state index in [-0.39, 0.29) is 17.6 Å². The molecule has 1 atom stereocenters. The summed E-state index contributed by atoms with van der Waals surface area (Å²) in [6.07, 6.45) is 0. The number of fused-ring (bicyclic) bond motifs is 1. The Labute approximate surface area is 117 Å². The van der Waals surface area contributed by atoms with Gasteiger partial charge in [-0.25, -0.2) is 0 Å². The highest BCUT2D eigenvalue weighted by molar-refractivity contribution is 6.04. The van der Waals surface area contributed by atoms with E-state index in [0.29, 0.717) is 5.92 Å². The van der Waals surface area contributed by atoms with Gasteiger partial charge in [-0.2, -0.15) is 0 Å². The van der Waals surface area contributed by atoms with Crippen LogP contribution in [0.2, 0.25) is 0 Å². The first-order chi connectivity index (χ1) is 9.66. The molecular formula is C16H18N2O2. The van der Waals surface area contributed by atoms with Gasteiger partial charge in [-0.1, -0.05) is 31.2 Å². The maximum absolute atomic E-state index is 12.3. The lowest BCUT2D eigenvalue weighted by atomic mass is 9.88. The molecule has 1 unspecified atom stereocenters. The molecule has 4 nitrogen and oxygen atoms in total. The normalized spacial score (nSPS) is 16.6. The number of hydrogen-bond donors (Lipinski definition) is 3. The molecule has 2 aromatic carbocycles. The molecule has 3 N–H and O–H groups in total. The zero-order valence-electron chi connectivity index (χ0n) is 11.4. The van der Waals surface area contributed by atoms with Gasteiger partial charge in [0, 0.05) is 22.4 Å². The Morgan fingerprint density at radius 1 is 1.25 bits per heavy atom. The first-order valence-electron chi connectivity index (χ1n) is 6.89. The van der Waals surface area contributed by atoms with Gasteiger partial charge in [0.25, 0.3) is 0 Å². The molecule has 1 heterocycles. The molecule has 3 rings (SSSR count). The van der Waals surface area contributed by atoms with E-state index in [1.165, 1.54) is 0 Å². The molecule has 1 aliphatic heterocycles. The van der Waals surface area contributed by atoms with Gasteiger partial charge in [-0.05, 0) is 31.1 Å². The van der Waals surface area contributed by atoms with Crippen LogP contribution in [0, 0.1) is 11.8 Å². The number of phenolic OH excluding ortho intramolecular Hbond substituents is 1. The number of anilines is 1. The number of nitrogens with one attached hydrogen (secondary N) is 2. The highest BCUT2D eigenvalue weighted by Crippen LogP contribution is 2.30. The van der Waals surface area contributed by atoms with E-state index in [1.54, 1.807) is 12.1 Å². The summed E-state index contributed by atoms with van der Waals surface area (Å²) in [5.74, 6) is 0.671. The first kappa shape index (κ1) is 12.9. The Kier molecular flexibility index (Phi) is 3.32. The van der Waals surface area contributed by atoms with Crippen molar-refractivity contribution < 1.29 is 9.90 Å². The largest absolute Gasteiger partial charge is 0.507 e. The highest BCUT2D eigenvalue weighted by Gasteiger charge is 2.28. The van der Waals surface area contributed by atoms with Crippen molar-refractivity contribution in [2.75, 3.05) is 18.4 Å². The fourth-order valence-electron chi connectivity index (χ4n) is 2.53. The molecule has 1 aliphatic rings. The minimum absolute atomic E-state index is 0.0104. The van der Waals surface area contributed by atoms with Crippen LogP contribution in [0.1, 0.15) is 6.92 Å². The molecule has 0 radical (unpaired) electrons. The lowest BCUT2D eigenvalue weighted by Gasteiger charge is -2.31. The standard InChI is InChI=1S/C16H18N2O2/c1-10(11-8-17-9-11)16(20)18-14-6-2-5-13-12(14)4-3-7-15(13)19/h2-7,10-11,17,19H,8-9H2,1H3,(H,18,20). The summed E-state index contributed by atoms with van der Waals surface area (Å²) in [5.41, 5.74) is 0.752. The monoisotopic (exact) mass is 270 g/mol. The molecular weight excluding hydrogens is 252 g/mol. The molecule has 0 bridgehead atoms. The van der Waals surface area contributed by atoms with Crippen LogP contribution in [0.25, 0.3) is 10.8 Å². The lowest BCUT2D eigenvalue weighted by molar-refractivity contribution is -0.121. The fraction of sp³-hybridized carbons (Fsp3) is 0.312. The highest BCUT2D eigenvalue weighted by atomic mass is 16.3. The van der Waals surface area contributed by atoms with Crippen LogP contribution in [-0.4, -0.2) is 24.1 Å². The van der Waals surface area contributed by atoms with Crippen molar-refractivity contribution in [1.29, 1.82) is 0 Å². The van der Waals surface area contributed by atoms with E-state index in [2.05, 4.69) is 10.6 Å². The van der Waals surface area contributed by atoms with Crippen LogP contribution < -0.4 is 10.6 Å². The van der Waals surface area contributed by atoms with E-state index in [0.717, 1.165) is 29.5 Å². The Bertz CT molecular complexity index is 650. The third-order valence-corrected chi connectivity index (χ3v) is 4.09. The van der Waals surface area contributed by atoms with Crippen molar-refractivity contribution in [3.8, 4) is 5.75 Å². The number of hydrogen-bond acceptors (Lipinski definition) is 3. The topological polar surface area (TPSA) is 61.4 Å². The van der Waals surface area contributed by atoms with E-state index < -0.39 is 0 Å². The summed E-state index contributed by atoms with van der Waals surface area (Å²) < 4.78 is 0. The molecule has 1 saturated heterocycles. The molecule has 0 aromatic heterocycles. The van der Waals surface area contributed by atoms with E-state index >= 15 is 0 Å². The van der Waals surface area contributed by atoms with Crippen LogP contribution in [-0.2, 0) is 4.79 Å². The third-order valence-electron chi connectivity index (χ3n) is 4.09. The summed E-state index contributed by atoms with van der Waals surface area (Å²) in [6.45, 7) is 3.78. The summed E-state index contributed by atoms with van der Waals surface area (Å²) in [6, 6.07) is 10.9. The maximum Gasteiger partial charge on any atom is 0.227 e. The van der Waals surface area contributed by atoms with Gasteiger partial charge in [0.1, 0.15) is 5.75 Å². The molecule has 4 heteroatoms. The van der Waals surface area contributed by atoms with E-state index in [4.69, 9.17) is 0 Å². The van der Waals surface area contributed by atoms with Crippen molar-refractivity contribution in [1.82, 2.24) is 5.32 Å². The number of amides is 1. The Morgan fingerprint density at radius 2 is 1.95 bits per heavy atom. The average Bonchev–Trinajstić information content (AvgIpc) is 2.38. The van der Waals surface area contributed by atoms with Crippen molar-refractivity contribution in [2.45, 2.75) is 6.92 Å². The minimum Gasteiger partial charge on any atom is -0.507 e. The number of carbonyl (C=O) groups excluding carboxylic acids is 1. The molecule has 0 saturated carbocycles. The van der Waals surface area contributed by atoms with Gasteiger partial charge in [0.15, 0.2) is 0 Å². The third kappa shape index (κ3) is 2.23. The molecule has 0 spiro atoms. The molecule has 2 aromatic rings. The van der Waals surface area contributed by atoms with Crippen LogP contribution >= 0.6 is 0 Å². The number of benzene rings is 2. The first-order valence-corrected chi connectivity index (χ1v) is 6.89. The second kappa shape index (κ2) is 5.13. The van der Waals surface area contributed by atoms with E-state index in [1.807, 2.05) is 31.2 Å². The fourth-order valence-corrected chi connectivity index (χ4v) is 2.53. The molecule has 1 fully saturated rings. The summed E-state index contributed by atoms with van der Waals surface area (Å²) in [4.78, 5) is 12.3. The summed E-state index contributed by atoms with van der Waals surface area (Å²) >= 11 is 0. The second-order valence-electron chi connectivity index (χ2n) is 5.37. The molecule has 104 valence electrons. The minimum atomic E-state index is -0.0104. The average molecular weight is 270 g/mol. The van der Waals surface area contributed by atoms with Crippen LogP contribution in [0.3, 0.4) is 0 Å². The number of rotatable bonds is 3. The van der Waals surface area contributed by atoms with Gasteiger partial charge in [0.05, 0.1) is 0 Å². The Morgan fingerprint density at radius 3 is 2.65 bits per heavy atom. The van der Waals surface area contributed by atoms with E-state index in [9.17, 15) is 9.90 Å². The number of aromatic hydroxyl groups is 1. The van der Waals surface area contributed by atoms with Crippen LogP contribution in [0.4, 0.5) is 5.69 Å². The molecule has 20 heavy (non-hydrogen) atoms. The zero-order valence-corrected chi connectivity index (χ0v) is 11.4. The molecule has 0 aliphatic carbocycles. The van der Waals surface area contributed by atoms with Gasteiger partial charge in [0.2, 0.25) is 5.91 Å². The van der Waals surface area contributed by atoms with Crippen molar-refractivity contribution in [3.05, 3.63) is 36.4 Å². The summed E-state index contributed by atoms with van der Waals surface area (Å²) in [7, 11) is 0. The lowest BCUT2D eigenvalue weighted by Crippen LogP contribution is -2.48. The predicted molar refractivity (Wildman–Crippen MR) is 79.8 cm³/mol. The predicted octanol–water partition coefficient (Wildman–Crippen LogP) is 2.34. The van der Waals surface area contributed by atoms with Crippen LogP contribution in [0.15, 0.2) is 36.4 Å².